The Morgan fingerprint density at radius 1 is 1.38 bits per heavy atom. The van der Waals surface area contributed by atoms with Gasteiger partial charge in [-0.25, -0.2) is 9.89 Å². The molecule has 1 heterocycles. The van der Waals surface area contributed by atoms with Crippen LogP contribution in [0.1, 0.15) is 36.1 Å². The molecule has 2 aromatic rings. The van der Waals surface area contributed by atoms with Crippen LogP contribution in [0.5, 0.6) is 0 Å². The summed E-state index contributed by atoms with van der Waals surface area (Å²) < 4.78 is 6.53. The van der Waals surface area contributed by atoms with Gasteiger partial charge >= 0.3 is 5.69 Å². The van der Waals surface area contributed by atoms with Gasteiger partial charge < -0.3 is 10.1 Å². The molecule has 26 heavy (non-hydrogen) atoms. The molecule has 0 bridgehead atoms. The average Bonchev–Trinajstić information content (AvgIpc) is 2.96. The van der Waals surface area contributed by atoms with Crippen molar-refractivity contribution >= 4 is 17.7 Å². The maximum atomic E-state index is 12.3. The predicted molar refractivity (Wildman–Crippen MR) is 103 cm³/mol. The van der Waals surface area contributed by atoms with E-state index in [1.165, 1.54) is 27.5 Å². The Balaban J connectivity index is 1.90. The van der Waals surface area contributed by atoms with Crippen molar-refractivity contribution in [1.82, 2.24) is 20.1 Å². The van der Waals surface area contributed by atoms with E-state index in [0.29, 0.717) is 24.7 Å². The molecule has 2 rings (SSSR count). The lowest BCUT2D eigenvalue weighted by molar-refractivity contribution is -0.119. The number of thioether (sulfide) groups is 1. The largest absolute Gasteiger partial charge is 0.385 e. The number of aromatic nitrogens is 3. The van der Waals surface area contributed by atoms with E-state index in [1.807, 2.05) is 13.0 Å². The number of methoxy groups -OCH3 is 1. The van der Waals surface area contributed by atoms with Crippen molar-refractivity contribution in [2.24, 2.45) is 0 Å². The quantitative estimate of drug-likeness (QED) is 0.516. The minimum absolute atomic E-state index is 0.0783. The third kappa shape index (κ3) is 5.47. The van der Waals surface area contributed by atoms with Crippen molar-refractivity contribution in [3.05, 3.63) is 45.4 Å². The Morgan fingerprint density at radius 2 is 2.15 bits per heavy atom. The van der Waals surface area contributed by atoms with Crippen LogP contribution in [0.2, 0.25) is 0 Å². The highest BCUT2D eigenvalue weighted by Gasteiger charge is 2.14. The van der Waals surface area contributed by atoms with E-state index in [-0.39, 0.29) is 23.4 Å². The third-order valence-corrected chi connectivity index (χ3v) is 5.17. The molecule has 0 aliphatic rings. The van der Waals surface area contributed by atoms with Gasteiger partial charge in [0.1, 0.15) is 0 Å². The van der Waals surface area contributed by atoms with E-state index in [4.69, 9.17) is 4.74 Å². The van der Waals surface area contributed by atoms with Gasteiger partial charge in [-0.1, -0.05) is 30.0 Å². The van der Waals surface area contributed by atoms with Gasteiger partial charge in [0, 0.05) is 20.3 Å². The van der Waals surface area contributed by atoms with E-state index >= 15 is 0 Å². The number of H-pyrrole nitrogens is 1. The molecule has 0 radical (unpaired) electrons. The monoisotopic (exact) mass is 378 g/mol. The van der Waals surface area contributed by atoms with Crippen molar-refractivity contribution in [3.63, 3.8) is 0 Å². The van der Waals surface area contributed by atoms with E-state index in [1.54, 1.807) is 7.11 Å². The number of carbonyl (C=O) groups excluding carboxylic acids is 1. The highest BCUT2D eigenvalue weighted by molar-refractivity contribution is 7.99. The number of aryl methyl sites for hydroxylation is 2. The number of amides is 1. The lowest BCUT2D eigenvalue weighted by Gasteiger charge is -2.15. The first-order valence-electron chi connectivity index (χ1n) is 8.55. The number of hydrogen-bond donors (Lipinski definition) is 2. The number of aromatic amines is 1. The molecule has 0 fully saturated rings. The topological polar surface area (TPSA) is 89.0 Å². The zero-order valence-electron chi connectivity index (χ0n) is 15.7. The molecule has 0 saturated heterocycles. The first-order valence-corrected chi connectivity index (χ1v) is 9.54. The second-order valence-electron chi connectivity index (χ2n) is 6.23. The Labute approximate surface area is 157 Å². The summed E-state index contributed by atoms with van der Waals surface area (Å²) in [6, 6.07) is 6.10. The van der Waals surface area contributed by atoms with Crippen LogP contribution in [0.25, 0.3) is 0 Å². The van der Waals surface area contributed by atoms with Crippen LogP contribution in [-0.4, -0.2) is 40.1 Å². The highest BCUT2D eigenvalue weighted by Crippen LogP contribution is 2.18. The first-order chi connectivity index (χ1) is 12.4. The molecule has 1 amide bonds. The van der Waals surface area contributed by atoms with Crippen LogP contribution in [0.3, 0.4) is 0 Å². The average molecular weight is 378 g/mol. The fourth-order valence-electron chi connectivity index (χ4n) is 2.51. The second-order valence-corrected chi connectivity index (χ2v) is 7.17. The molecular formula is C18H26N4O3S. The van der Waals surface area contributed by atoms with Crippen LogP contribution < -0.4 is 11.0 Å². The van der Waals surface area contributed by atoms with Gasteiger partial charge in [-0.15, -0.1) is 5.10 Å². The van der Waals surface area contributed by atoms with Gasteiger partial charge in [0.2, 0.25) is 5.91 Å². The Kier molecular flexibility index (Phi) is 7.47. The van der Waals surface area contributed by atoms with Crippen LogP contribution in [-0.2, 0) is 16.1 Å². The Morgan fingerprint density at radius 3 is 2.85 bits per heavy atom. The first kappa shape index (κ1) is 20.3. The summed E-state index contributed by atoms with van der Waals surface area (Å²) in [4.78, 5) is 24.0. The molecule has 2 N–H and O–H groups in total. The minimum atomic E-state index is -0.271. The van der Waals surface area contributed by atoms with Gasteiger partial charge in [-0.3, -0.25) is 9.36 Å². The second kappa shape index (κ2) is 9.59. The fourth-order valence-corrected chi connectivity index (χ4v) is 3.29. The van der Waals surface area contributed by atoms with Gasteiger partial charge in [0.15, 0.2) is 5.16 Å². The van der Waals surface area contributed by atoms with Crippen molar-refractivity contribution in [1.29, 1.82) is 0 Å². The summed E-state index contributed by atoms with van der Waals surface area (Å²) in [5.74, 6) is 0.101. The lowest BCUT2D eigenvalue weighted by Crippen LogP contribution is -2.28. The SMILES string of the molecule is COCCCn1c(SCC(=O)NC(C)c2ccc(C)c(C)c2)n[nH]c1=O. The van der Waals surface area contributed by atoms with Crippen LogP contribution in [0.15, 0.2) is 28.2 Å². The Bertz CT molecular complexity index is 800. The maximum absolute atomic E-state index is 12.3. The molecule has 1 aromatic carbocycles. The number of hydrogen-bond acceptors (Lipinski definition) is 5. The maximum Gasteiger partial charge on any atom is 0.343 e. The van der Waals surface area contributed by atoms with Gasteiger partial charge in [0.05, 0.1) is 11.8 Å². The van der Waals surface area contributed by atoms with Crippen LogP contribution in [0.4, 0.5) is 0 Å². The smallest absolute Gasteiger partial charge is 0.343 e. The summed E-state index contributed by atoms with van der Waals surface area (Å²) in [6.07, 6.45) is 0.708. The van der Waals surface area contributed by atoms with Crippen molar-refractivity contribution < 1.29 is 9.53 Å². The van der Waals surface area contributed by atoms with Crippen molar-refractivity contribution in [2.45, 2.75) is 44.9 Å². The highest BCUT2D eigenvalue weighted by atomic mass is 32.2. The van der Waals surface area contributed by atoms with Gasteiger partial charge in [-0.2, -0.15) is 0 Å². The molecule has 0 aliphatic heterocycles. The molecule has 0 spiro atoms. The van der Waals surface area contributed by atoms with Crippen molar-refractivity contribution in [2.75, 3.05) is 19.5 Å². The molecule has 142 valence electrons. The molecule has 0 aliphatic carbocycles. The molecule has 7 nitrogen and oxygen atoms in total. The van der Waals surface area contributed by atoms with E-state index in [9.17, 15) is 9.59 Å². The van der Waals surface area contributed by atoms with E-state index in [2.05, 4.69) is 41.5 Å². The standard InChI is InChI=1S/C18H26N4O3S/c1-12-6-7-15(10-13(12)2)14(3)19-16(23)11-26-18-21-20-17(24)22(18)8-5-9-25-4/h6-7,10,14H,5,8-9,11H2,1-4H3,(H,19,23)(H,20,24). The van der Waals surface area contributed by atoms with Crippen LogP contribution in [0, 0.1) is 13.8 Å². The Hall–Kier alpha value is -2.06. The van der Waals surface area contributed by atoms with E-state index in [0.717, 1.165) is 5.56 Å². The number of rotatable bonds is 9. The number of nitrogens with one attached hydrogen (secondary N) is 2. The molecule has 1 unspecified atom stereocenters. The summed E-state index contributed by atoms with van der Waals surface area (Å²) in [5, 5.41) is 9.92. The predicted octanol–water partition coefficient (Wildman–Crippen LogP) is 2.19. The van der Waals surface area contributed by atoms with Crippen molar-refractivity contribution in [3.8, 4) is 0 Å². The number of nitrogens with zero attached hydrogens (tertiary/aromatic N) is 2. The molecule has 0 saturated carbocycles. The van der Waals surface area contributed by atoms with Gasteiger partial charge in [-0.05, 0) is 43.9 Å². The minimum Gasteiger partial charge on any atom is -0.385 e. The third-order valence-electron chi connectivity index (χ3n) is 4.19. The number of ether oxygens (including phenoxy) is 1. The molecule has 1 atom stereocenters. The van der Waals surface area contributed by atoms with Gasteiger partial charge in [0.25, 0.3) is 0 Å². The summed E-state index contributed by atoms with van der Waals surface area (Å²) in [7, 11) is 1.62. The van der Waals surface area contributed by atoms with E-state index < -0.39 is 0 Å². The van der Waals surface area contributed by atoms with Crippen LogP contribution >= 0.6 is 11.8 Å². The zero-order valence-corrected chi connectivity index (χ0v) is 16.5. The summed E-state index contributed by atoms with van der Waals surface area (Å²) >= 11 is 1.24. The number of benzene rings is 1. The molecule has 8 heteroatoms. The lowest BCUT2D eigenvalue weighted by atomic mass is 10.0. The fraction of sp³-hybridized carbons (Fsp3) is 0.500. The zero-order chi connectivity index (χ0) is 19.1. The molecular weight excluding hydrogens is 352 g/mol. The molecule has 1 aromatic heterocycles. The normalized spacial score (nSPS) is 12.2. The summed E-state index contributed by atoms with van der Waals surface area (Å²) in [5.41, 5.74) is 3.23. The number of carbonyl (C=O) groups is 1. The summed E-state index contributed by atoms with van der Waals surface area (Å²) in [6.45, 7) is 7.16.